The first-order valence-corrected chi connectivity index (χ1v) is 11.3. The van der Waals surface area contributed by atoms with Crippen LogP contribution in [0.2, 0.25) is 0 Å². The van der Waals surface area contributed by atoms with Crippen LogP contribution >= 0.6 is 0 Å². The maximum Gasteiger partial charge on any atom is 0.416 e. The van der Waals surface area contributed by atoms with Crippen molar-refractivity contribution in [1.29, 1.82) is 0 Å². The summed E-state index contributed by atoms with van der Waals surface area (Å²) in [4.78, 5) is 8.70. The van der Waals surface area contributed by atoms with E-state index in [4.69, 9.17) is 0 Å². The summed E-state index contributed by atoms with van der Waals surface area (Å²) in [5.74, 6) is -0.549. The third kappa shape index (κ3) is 6.15. The van der Waals surface area contributed by atoms with Gasteiger partial charge in [-0.15, -0.1) is 0 Å². The number of alkyl halides is 6. The fraction of sp³-hybridized carbons (Fsp3) is 0.440. The highest BCUT2D eigenvalue weighted by Crippen LogP contribution is 2.36. The van der Waals surface area contributed by atoms with Gasteiger partial charge in [0, 0.05) is 23.6 Å². The molecular formula is C25H26F6N2O2. The molecule has 2 aromatic rings. The number of nitrogens with zero attached hydrogens (tertiary/aromatic N) is 2. The third-order valence-corrected chi connectivity index (χ3v) is 6.11. The van der Waals surface area contributed by atoms with Gasteiger partial charge in [-0.2, -0.15) is 26.3 Å². The highest BCUT2D eigenvalue weighted by molar-refractivity contribution is 5.86. The van der Waals surface area contributed by atoms with Crippen LogP contribution in [0.4, 0.5) is 26.3 Å². The molecule has 1 aliphatic rings. The first-order valence-electron chi connectivity index (χ1n) is 11.3. The van der Waals surface area contributed by atoms with E-state index in [1.54, 1.807) is 13.8 Å². The maximum atomic E-state index is 13.2. The van der Waals surface area contributed by atoms with Crippen molar-refractivity contribution in [1.82, 2.24) is 0 Å². The average Bonchev–Trinajstić information content (AvgIpc) is 3.23. The molecule has 0 bridgehead atoms. The van der Waals surface area contributed by atoms with Crippen molar-refractivity contribution in [3.63, 3.8) is 0 Å². The summed E-state index contributed by atoms with van der Waals surface area (Å²) in [6.45, 7) is 3.26. The van der Waals surface area contributed by atoms with Crippen LogP contribution in [0.5, 0.6) is 11.5 Å². The van der Waals surface area contributed by atoms with Gasteiger partial charge in [0.2, 0.25) is 0 Å². The van der Waals surface area contributed by atoms with E-state index in [9.17, 15) is 36.6 Å². The van der Waals surface area contributed by atoms with E-state index >= 15 is 0 Å². The first-order chi connectivity index (χ1) is 16.3. The van der Waals surface area contributed by atoms with Gasteiger partial charge in [0.1, 0.15) is 11.5 Å². The van der Waals surface area contributed by atoms with E-state index in [0.29, 0.717) is 19.3 Å². The number of rotatable bonds is 6. The van der Waals surface area contributed by atoms with E-state index < -0.39 is 35.6 Å². The summed E-state index contributed by atoms with van der Waals surface area (Å²) in [7, 11) is 0. The minimum atomic E-state index is -4.58. The Morgan fingerprint density at radius 2 is 1.11 bits per heavy atom. The normalized spacial score (nSPS) is 19.3. The number of aryl methyl sites for hydroxylation is 2. The minimum absolute atomic E-state index is 0.0607. The number of phenolic OH excluding ortho intramolecular Hbond substituents is 2. The lowest BCUT2D eigenvalue weighted by molar-refractivity contribution is -0.138. The van der Waals surface area contributed by atoms with Crippen molar-refractivity contribution in [3.05, 3.63) is 57.6 Å². The Morgan fingerprint density at radius 3 is 1.43 bits per heavy atom. The summed E-state index contributed by atoms with van der Waals surface area (Å²) >= 11 is 0. The molecule has 0 spiro atoms. The van der Waals surface area contributed by atoms with E-state index in [-0.39, 0.29) is 46.6 Å². The molecule has 1 aliphatic carbocycles. The Hall–Kier alpha value is -3.04. The zero-order chi connectivity index (χ0) is 26.0. The molecule has 0 saturated heterocycles. The smallest absolute Gasteiger partial charge is 0.416 e. The van der Waals surface area contributed by atoms with Gasteiger partial charge in [-0.3, -0.25) is 9.98 Å². The van der Waals surface area contributed by atoms with Crippen LogP contribution in [-0.2, 0) is 25.2 Å². The van der Waals surface area contributed by atoms with Crippen molar-refractivity contribution >= 4 is 12.4 Å². The highest BCUT2D eigenvalue weighted by atomic mass is 19.4. The predicted octanol–water partition coefficient (Wildman–Crippen LogP) is 6.72. The minimum Gasteiger partial charge on any atom is -0.507 e. The molecule has 4 nitrogen and oxygen atoms in total. The Bertz CT molecular complexity index is 1030. The van der Waals surface area contributed by atoms with Gasteiger partial charge in [-0.25, -0.2) is 0 Å². The Labute approximate surface area is 199 Å². The van der Waals surface area contributed by atoms with Crippen molar-refractivity contribution in [2.75, 3.05) is 0 Å². The first kappa shape index (κ1) is 26.6. The molecule has 2 N–H and O–H groups in total. The van der Waals surface area contributed by atoms with Gasteiger partial charge in [-0.05, 0) is 67.5 Å². The van der Waals surface area contributed by atoms with E-state index in [2.05, 4.69) is 9.98 Å². The average molecular weight is 500 g/mol. The van der Waals surface area contributed by atoms with E-state index in [1.165, 1.54) is 12.4 Å². The van der Waals surface area contributed by atoms with Crippen molar-refractivity contribution in [3.8, 4) is 11.5 Å². The number of hydrogen-bond donors (Lipinski definition) is 2. The summed E-state index contributed by atoms with van der Waals surface area (Å²) in [6, 6.07) is 2.62. The van der Waals surface area contributed by atoms with Crippen LogP contribution < -0.4 is 0 Å². The number of phenols is 2. The predicted molar refractivity (Wildman–Crippen MR) is 122 cm³/mol. The molecule has 190 valence electrons. The second-order valence-corrected chi connectivity index (χ2v) is 8.47. The molecule has 3 rings (SSSR count). The van der Waals surface area contributed by atoms with Gasteiger partial charge >= 0.3 is 12.4 Å². The van der Waals surface area contributed by atoms with Gasteiger partial charge in [0.15, 0.2) is 0 Å². The van der Waals surface area contributed by atoms with Gasteiger partial charge in [0.05, 0.1) is 23.2 Å². The zero-order valence-electron chi connectivity index (χ0n) is 19.2. The van der Waals surface area contributed by atoms with Gasteiger partial charge in [-0.1, -0.05) is 13.8 Å². The molecule has 2 unspecified atom stereocenters. The largest absolute Gasteiger partial charge is 0.507 e. The SMILES string of the molecule is CCc1cc(C(F)(F)F)cc(C=NC2CCCC2N=Cc2cc(C(F)(F)F)cc(CC)c2O)c1O. The maximum absolute atomic E-state index is 13.2. The summed E-state index contributed by atoms with van der Waals surface area (Å²) < 4.78 is 79.4. The van der Waals surface area contributed by atoms with Crippen LogP contribution in [-0.4, -0.2) is 34.7 Å². The number of halogens is 6. The molecular weight excluding hydrogens is 474 g/mol. The van der Waals surface area contributed by atoms with Crippen molar-refractivity contribution < 1.29 is 36.6 Å². The number of aromatic hydroxyl groups is 2. The van der Waals surface area contributed by atoms with Crippen LogP contribution in [0.15, 0.2) is 34.3 Å². The van der Waals surface area contributed by atoms with Crippen LogP contribution in [0.3, 0.4) is 0 Å². The molecule has 0 heterocycles. The lowest BCUT2D eigenvalue weighted by Gasteiger charge is -2.15. The zero-order valence-corrected chi connectivity index (χ0v) is 19.2. The second-order valence-electron chi connectivity index (χ2n) is 8.47. The summed E-state index contributed by atoms with van der Waals surface area (Å²) in [5, 5.41) is 20.7. The monoisotopic (exact) mass is 500 g/mol. The molecule has 2 aromatic carbocycles. The molecule has 35 heavy (non-hydrogen) atoms. The third-order valence-electron chi connectivity index (χ3n) is 6.11. The molecule has 0 amide bonds. The molecule has 1 fully saturated rings. The van der Waals surface area contributed by atoms with Crippen molar-refractivity contribution in [2.24, 2.45) is 9.98 Å². The molecule has 10 heteroatoms. The lowest BCUT2D eigenvalue weighted by atomic mass is 10.0. The highest BCUT2D eigenvalue weighted by Gasteiger charge is 2.33. The van der Waals surface area contributed by atoms with Crippen LogP contribution in [0, 0.1) is 0 Å². The van der Waals surface area contributed by atoms with Gasteiger partial charge < -0.3 is 10.2 Å². The summed E-state index contributed by atoms with van der Waals surface area (Å²) in [5.41, 5.74) is -1.60. The topological polar surface area (TPSA) is 65.2 Å². The lowest BCUT2D eigenvalue weighted by Crippen LogP contribution is -2.16. The van der Waals surface area contributed by atoms with Crippen LogP contribution in [0.25, 0.3) is 0 Å². The Kier molecular flexibility index (Phi) is 7.81. The molecule has 0 radical (unpaired) electrons. The second kappa shape index (κ2) is 10.3. The summed E-state index contributed by atoms with van der Waals surface area (Å²) in [6.07, 6.45) is -4.50. The Morgan fingerprint density at radius 1 is 0.743 bits per heavy atom. The fourth-order valence-corrected chi connectivity index (χ4v) is 4.12. The Balaban J connectivity index is 1.88. The van der Waals surface area contributed by atoms with Crippen LogP contribution in [0.1, 0.15) is 66.5 Å². The molecule has 1 saturated carbocycles. The van der Waals surface area contributed by atoms with E-state index in [0.717, 1.165) is 24.3 Å². The van der Waals surface area contributed by atoms with Gasteiger partial charge in [0.25, 0.3) is 0 Å². The molecule has 0 aromatic heterocycles. The standard InChI is InChI=1S/C25H26F6N2O2/c1-3-14-8-18(24(26,27)28)10-16(22(14)34)12-32-20-6-5-7-21(20)33-13-17-11-19(25(29,30)31)9-15(4-2)23(17)35/h8-13,20-21,34-35H,3-7H2,1-2H3. The van der Waals surface area contributed by atoms with Crippen molar-refractivity contribution in [2.45, 2.75) is 70.4 Å². The number of aliphatic imine (C=N–C) groups is 2. The molecule has 2 atom stereocenters. The quantitative estimate of drug-likeness (QED) is 0.342. The number of hydrogen-bond acceptors (Lipinski definition) is 4. The number of benzene rings is 2. The molecule has 0 aliphatic heterocycles. The fourth-order valence-electron chi connectivity index (χ4n) is 4.12. The van der Waals surface area contributed by atoms with E-state index in [1.807, 2.05) is 0 Å².